The number of phenolic OH excluding ortho intramolecular Hbond substituents is 1. The van der Waals surface area contributed by atoms with Crippen molar-refractivity contribution in [2.75, 3.05) is 5.32 Å². The fourth-order valence-corrected chi connectivity index (χ4v) is 3.84. The van der Waals surface area contributed by atoms with Gasteiger partial charge in [0.25, 0.3) is 26.1 Å². The highest BCUT2D eigenvalue weighted by atomic mass is 35.5. The van der Waals surface area contributed by atoms with Crippen LogP contribution >= 0.6 is 11.6 Å². The average Bonchev–Trinajstić information content (AvgIpc) is 2.60. The maximum absolute atomic E-state index is 12.5. The van der Waals surface area contributed by atoms with E-state index < -0.39 is 41.7 Å². The molecule has 0 unspecified atom stereocenters. The molecular formula is C17H12ClNO8S2. The molecule has 12 heteroatoms. The van der Waals surface area contributed by atoms with Gasteiger partial charge in [-0.3, -0.25) is 13.9 Å². The molecule has 3 rings (SSSR count). The van der Waals surface area contributed by atoms with Crippen LogP contribution in [0.2, 0.25) is 5.02 Å². The Morgan fingerprint density at radius 1 is 0.862 bits per heavy atom. The lowest BCUT2D eigenvalue weighted by atomic mass is 10.1. The number of rotatable bonds is 4. The Labute approximate surface area is 170 Å². The van der Waals surface area contributed by atoms with Crippen molar-refractivity contribution in [3.63, 3.8) is 0 Å². The van der Waals surface area contributed by atoms with Crippen LogP contribution < -0.4 is 5.32 Å². The summed E-state index contributed by atoms with van der Waals surface area (Å²) in [5.41, 5.74) is -0.0525. The third-order valence-electron chi connectivity index (χ3n) is 3.93. The van der Waals surface area contributed by atoms with Crippen LogP contribution in [0.4, 0.5) is 5.69 Å². The molecule has 4 N–H and O–H groups in total. The van der Waals surface area contributed by atoms with Crippen molar-refractivity contribution in [2.45, 2.75) is 9.79 Å². The third kappa shape index (κ3) is 4.49. The predicted molar refractivity (Wildman–Crippen MR) is 105 cm³/mol. The van der Waals surface area contributed by atoms with E-state index in [1.807, 2.05) is 0 Å². The van der Waals surface area contributed by atoms with E-state index in [0.717, 1.165) is 24.3 Å². The first-order valence-corrected chi connectivity index (χ1v) is 10.9. The fraction of sp³-hybridized carbons (Fsp3) is 0. The first-order valence-electron chi connectivity index (χ1n) is 7.69. The number of amides is 1. The maximum Gasteiger partial charge on any atom is 0.294 e. The number of fused-ring (bicyclic) bond motifs is 1. The molecule has 0 heterocycles. The van der Waals surface area contributed by atoms with Gasteiger partial charge in [0.1, 0.15) is 5.75 Å². The summed E-state index contributed by atoms with van der Waals surface area (Å²) in [5, 5.41) is 12.8. The van der Waals surface area contributed by atoms with Crippen molar-refractivity contribution in [1.82, 2.24) is 0 Å². The zero-order valence-electron chi connectivity index (χ0n) is 14.2. The quantitative estimate of drug-likeness (QED) is 0.435. The van der Waals surface area contributed by atoms with Gasteiger partial charge in [-0.25, -0.2) is 0 Å². The van der Waals surface area contributed by atoms with Gasteiger partial charge in [0.2, 0.25) is 0 Å². The summed E-state index contributed by atoms with van der Waals surface area (Å²) in [6.45, 7) is 0. The fourth-order valence-electron chi connectivity index (χ4n) is 2.63. The molecule has 152 valence electrons. The molecule has 0 fully saturated rings. The van der Waals surface area contributed by atoms with Gasteiger partial charge in [-0.1, -0.05) is 11.6 Å². The number of hydrogen-bond donors (Lipinski definition) is 4. The number of phenols is 1. The second-order valence-corrected chi connectivity index (χ2v) is 9.20. The molecule has 0 aromatic heterocycles. The van der Waals surface area contributed by atoms with Crippen LogP contribution in [0.15, 0.2) is 58.3 Å². The number of carbonyl (C=O) groups excluding carboxylic acids is 1. The summed E-state index contributed by atoms with van der Waals surface area (Å²) in [4.78, 5) is 11.1. The van der Waals surface area contributed by atoms with Gasteiger partial charge >= 0.3 is 0 Å². The van der Waals surface area contributed by atoms with Gasteiger partial charge in [0.05, 0.1) is 15.5 Å². The van der Waals surface area contributed by atoms with Crippen molar-refractivity contribution in [2.24, 2.45) is 0 Å². The minimum absolute atomic E-state index is 0.105. The van der Waals surface area contributed by atoms with Gasteiger partial charge in [-0.2, -0.15) is 16.8 Å². The molecule has 1 amide bonds. The van der Waals surface area contributed by atoms with Crippen LogP contribution in [-0.4, -0.2) is 37.0 Å². The molecule has 0 spiro atoms. The lowest BCUT2D eigenvalue weighted by molar-refractivity contribution is 0.102. The molecular weight excluding hydrogens is 446 g/mol. The number of carbonyl (C=O) groups is 1. The van der Waals surface area contributed by atoms with Crippen molar-refractivity contribution >= 4 is 54.2 Å². The van der Waals surface area contributed by atoms with Crippen molar-refractivity contribution < 1.29 is 35.8 Å². The molecule has 0 aliphatic heterocycles. The molecule has 0 saturated carbocycles. The molecule has 0 atom stereocenters. The normalized spacial score (nSPS) is 12.1. The van der Waals surface area contributed by atoms with Crippen molar-refractivity contribution in [1.29, 1.82) is 0 Å². The number of hydrogen-bond acceptors (Lipinski definition) is 6. The van der Waals surface area contributed by atoms with E-state index in [1.54, 1.807) is 0 Å². The molecule has 0 radical (unpaired) electrons. The van der Waals surface area contributed by atoms with Gasteiger partial charge < -0.3 is 10.4 Å². The Hall–Kier alpha value is -2.70. The van der Waals surface area contributed by atoms with Gasteiger partial charge in [0.15, 0.2) is 0 Å². The van der Waals surface area contributed by atoms with E-state index in [9.17, 15) is 35.8 Å². The molecule has 0 bridgehead atoms. The number of anilines is 1. The summed E-state index contributed by atoms with van der Waals surface area (Å²) in [6, 6.07) is 9.14. The SMILES string of the molecule is O=C(Nc1cc(S(=O)(=O)O)cc2cc(S(=O)(=O)O)cc(O)c12)c1ccc(Cl)cc1. The average molecular weight is 458 g/mol. The van der Waals surface area contributed by atoms with Crippen LogP contribution in [0.5, 0.6) is 5.75 Å². The first kappa shape index (κ1) is 21.0. The van der Waals surface area contributed by atoms with Crippen LogP contribution in [0, 0.1) is 0 Å². The second-order valence-electron chi connectivity index (χ2n) is 5.92. The van der Waals surface area contributed by atoms with Crippen LogP contribution in [-0.2, 0) is 20.2 Å². The Bertz CT molecular complexity index is 1350. The largest absolute Gasteiger partial charge is 0.507 e. The highest BCUT2D eigenvalue weighted by Crippen LogP contribution is 2.36. The number of aromatic hydroxyl groups is 1. The highest BCUT2D eigenvalue weighted by Gasteiger charge is 2.20. The van der Waals surface area contributed by atoms with Gasteiger partial charge in [0, 0.05) is 22.0 Å². The van der Waals surface area contributed by atoms with E-state index in [0.29, 0.717) is 5.02 Å². The first-order chi connectivity index (χ1) is 13.4. The smallest absolute Gasteiger partial charge is 0.294 e. The predicted octanol–water partition coefficient (Wildman–Crippen LogP) is 2.94. The van der Waals surface area contributed by atoms with Crippen molar-refractivity contribution in [3.05, 3.63) is 59.1 Å². The van der Waals surface area contributed by atoms with Crippen molar-refractivity contribution in [3.8, 4) is 5.75 Å². The van der Waals surface area contributed by atoms with E-state index in [2.05, 4.69) is 5.32 Å². The molecule has 29 heavy (non-hydrogen) atoms. The minimum atomic E-state index is -4.75. The molecule has 0 aliphatic carbocycles. The number of nitrogens with one attached hydrogen (secondary N) is 1. The lowest BCUT2D eigenvalue weighted by Gasteiger charge is -2.13. The Morgan fingerprint density at radius 2 is 1.38 bits per heavy atom. The van der Waals surface area contributed by atoms with Crippen LogP contribution in [0.25, 0.3) is 10.8 Å². The molecule has 3 aromatic rings. The Kier molecular flexibility index (Phi) is 5.28. The van der Waals surface area contributed by atoms with E-state index >= 15 is 0 Å². The summed E-state index contributed by atoms with van der Waals surface area (Å²) in [5.74, 6) is -1.34. The van der Waals surface area contributed by atoms with E-state index in [1.165, 1.54) is 24.3 Å². The number of benzene rings is 3. The zero-order valence-corrected chi connectivity index (χ0v) is 16.6. The monoisotopic (exact) mass is 457 g/mol. The van der Waals surface area contributed by atoms with E-state index in [4.69, 9.17) is 11.6 Å². The highest BCUT2D eigenvalue weighted by molar-refractivity contribution is 7.86. The number of halogens is 1. The summed E-state index contributed by atoms with van der Waals surface area (Å²) >= 11 is 5.77. The lowest BCUT2D eigenvalue weighted by Crippen LogP contribution is -2.13. The van der Waals surface area contributed by atoms with Crippen LogP contribution in [0.1, 0.15) is 10.4 Å². The molecule has 3 aromatic carbocycles. The van der Waals surface area contributed by atoms with Gasteiger partial charge in [-0.15, -0.1) is 0 Å². The van der Waals surface area contributed by atoms with E-state index in [-0.39, 0.29) is 22.0 Å². The minimum Gasteiger partial charge on any atom is -0.507 e. The molecule has 0 saturated heterocycles. The second kappa shape index (κ2) is 7.28. The third-order valence-corrected chi connectivity index (χ3v) is 5.84. The standard InChI is InChI=1S/C17H12ClNO8S2/c18-11-3-1-9(2-4-11)17(21)19-14-7-12(28(22,23)24)5-10-6-13(29(25,26)27)8-15(20)16(10)14/h1-8,20H,(H,19,21)(H,22,23,24)(H,25,26,27). The zero-order chi connectivity index (χ0) is 21.6. The summed E-state index contributed by atoms with van der Waals surface area (Å²) < 4.78 is 64.5. The van der Waals surface area contributed by atoms with Crippen LogP contribution in [0.3, 0.4) is 0 Å². The Balaban J connectivity index is 2.24. The summed E-state index contributed by atoms with van der Waals surface area (Å²) in [7, 11) is -9.47. The topological polar surface area (TPSA) is 158 Å². The Morgan fingerprint density at radius 3 is 1.90 bits per heavy atom. The van der Waals surface area contributed by atoms with Gasteiger partial charge in [-0.05, 0) is 47.9 Å². The summed E-state index contributed by atoms with van der Waals surface area (Å²) in [6.07, 6.45) is 0. The maximum atomic E-state index is 12.5. The molecule has 0 aliphatic rings. The molecule has 9 nitrogen and oxygen atoms in total.